The van der Waals surface area contributed by atoms with Gasteiger partial charge in [-0.3, -0.25) is 0 Å². The van der Waals surface area contributed by atoms with Gasteiger partial charge in [-0.15, -0.1) is 0 Å². The predicted molar refractivity (Wildman–Crippen MR) is 111 cm³/mol. The molecule has 9 atom stereocenters. The molecule has 5 rings (SSSR count). The highest BCUT2D eigenvalue weighted by molar-refractivity contribution is 5.28. The highest BCUT2D eigenvalue weighted by Gasteiger charge is 2.60. The molecular formula is C25H41NO. The summed E-state index contributed by atoms with van der Waals surface area (Å²) < 4.78 is 0. The number of hydrogen-bond donors (Lipinski definition) is 2. The van der Waals surface area contributed by atoms with Crippen LogP contribution in [0.15, 0.2) is 11.6 Å². The van der Waals surface area contributed by atoms with Crippen molar-refractivity contribution < 1.29 is 5.11 Å². The zero-order valence-corrected chi connectivity index (χ0v) is 17.8. The van der Waals surface area contributed by atoms with Gasteiger partial charge in [0.25, 0.3) is 0 Å². The Hall–Kier alpha value is -0.340. The largest absolute Gasteiger partial charge is 0.393 e. The summed E-state index contributed by atoms with van der Waals surface area (Å²) in [5.41, 5.74) is 2.81. The monoisotopic (exact) mass is 371 g/mol. The van der Waals surface area contributed by atoms with Crippen molar-refractivity contribution in [3.05, 3.63) is 11.6 Å². The van der Waals surface area contributed by atoms with E-state index in [1.165, 1.54) is 58.0 Å². The van der Waals surface area contributed by atoms with Crippen LogP contribution in [0.5, 0.6) is 0 Å². The summed E-state index contributed by atoms with van der Waals surface area (Å²) in [6.45, 7) is 10.3. The van der Waals surface area contributed by atoms with E-state index in [0.717, 1.165) is 48.3 Å². The highest BCUT2D eigenvalue weighted by atomic mass is 16.3. The molecule has 5 aliphatic rings. The molecule has 4 aliphatic carbocycles. The van der Waals surface area contributed by atoms with Gasteiger partial charge >= 0.3 is 0 Å². The lowest BCUT2D eigenvalue weighted by Gasteiger charge is -2.63. The zero-order valence-electron chi connectivity index (χ0n) is 17.8. The Morgan fingerprint density at radius 2 is 1.93 bits per heavy atom. The number of aliphatic hydroxyl groups is 1. The van der Waals surface area contributed by atoms with Crippen LogP contribution >= 0.6 is 0 Å². The molecule has 2 N–H and O–H groups in total. The lowest BCUT2D eigenvalue weighted by molar-refractivity contribution is -0.140. The number of fused-ring (bicyclic) bond motifs is 5. The maximum absolute atomic E-state index is 10.3. The van der Waals surface area contributed by atoms with Crippen LogP contribution in [0.25, 0.3) is 0 Å². The third-order valence-corrected chi connectivity index (χ3v) is 10.4. The third-order valence-electron chi connectivity index (χ3n) is 10.4. The van der Waals surface area contributed by atoms with E-state index in [0.29, 0.717) is 10.8 Å². The van der Waals surface area contributed by atoms with Crippen molar-refractivity contribution in [3.8, 4) is 0 Å². The third kappa shape index (κ3) is 2.72. The molecule has 3 unspecified atom stereocenters. The molecule has 2 heteroatoms. The summed E-state index contributed by atoms with van der Waals surface area (Å²) in [5.74, 6) is 5.09. The second-order valence-electron chi connectivity index (χ2n) is 11.5. The smallest absolute Gasteiger partial charge is 0.0543 e. The fourth-order valence-electron chi connectivity index (χ4n) is 8.97. The van der Waals surface area contributed by atoms with E-state index in [2.05, 4.69) is 32.2 Å². The normalized spacial score (nSPS) is 55.3. The van der Waals surface area contributed by atoms with Gasteiger partial charge in [-0.1, -0.05) is 32.4 Å². The van der Waals surface area contributed by atoms with Gasteiger partial charge in [0.15, 0.2) is 0 Å². The second kappa shape index (κ2) is 6.59. The van der Waals surface area contributed by atoms with Crippen LogP contribution < -0.4 is 5.32 Å². The second-order valence-corrected chi connectivity index (χ2v) is 11.5. The SMILES string of the molecule is C[C@H]1CC2CC(O)CC[C@]2(C)[C@H]2CC[C@]3(C)C(C4CCCNC4)=CC[C@H]3[C@H]12. The van der Waals surface area contributed by atoms with Crippen LogP contribution in [0.4, 0.5) is 0 Å². The molecule has 4 fully saturated rings. The van der Waals surface area contributed by atoms with E-state index in [4.69, 9.17) is 0 Å². The molecule has 0 spiro atoms. The quantitative estimate of drug-likeness (QED) is 0.623. The number of piperidine rings is 1. The van der Waals surface area contributed by atoms with E-state index < -0.39 is 0 Å². The van der Waals surface area contributed by atoms with Crippen LogP contribution in [-0.4, -0.2) is 24.3 Å². The molecular weight excluding hydrogens is 330 g/mol. The van der Waals surface area contributed by atoms with Crippen LogP contribution in [-0.2, 0) is 0 Å². The summed E-state index contributed by atoms with van der Waals surface area (Å²) in [6, 6.07) is 0. The van der Waals surface area contributed by atoms with E-state index in [1.54, 1.807) is 0 Å². The van der Waals surface area contributed by atoms with Crippen LogP contribution in [0.2, 0.25) is 0 Å². The molecule has 0 aromatic heterocycles. The number of aliphatic hydroxyl groups excluding tert-OH is 1. The fourth-order valence-corrected chi connectivity index (χ4v) is 8.97. The Bertz CT molecular complexity index is 607. The average Bonchev–Trinajstić information content (AvgIpc) is 3.01. The Morgan fingerprint density at radius 1 is 1.07 bits per heavy atom. The summed E-state index contributed by atoms with van der Waals surface area (Å²) >= 11 is 0. The molecule has 152 valence electrons. The molecule has 0 bridgehead atoms. The van der Waals surface area contributed by atoms with Crippen LogP contribution in [0, 0.1) is 46.3 Å². The average molecular weight is 372 g/mol. The van der Waals surface area contributed by atoms with Crippen LogP contribution in [0.1, 0.15) is 78.6 Å². The van der Waals surface area contributed by atoms with E-state index >= 15 is 0 Å². The lowest BCUT2D eigenvalue weighted by atomic mass is 9.42. The molecule has 1 heterocycles. The maximum Gasteiger partial charge on any atom is 0.0543 e. The molecule has 1 aliphatic heterocycles. The van der Waals surface area contributed by atoms with Gasteiger partial charge in [-0.25, -0.2) is 0 Å². The Kier molecular flexibility index (Phi) is 4.56. The van der Waals surface area contributed by atoms with E-state index in [-0.39, 0.29) is 6.10 Å². The molecule has 0 aromatic carbocycles. The van der Waals surface area contributed by atoms with Gasteiger partial charge in [0.05, 0.1) is 6.10 Å². The standard InChI is InChI=1S/C25H41NO/c1-16-13-18-14-19(27)8-10-24(18,2)22-9-11-25(3)20(6-7-21(25)23(16)22)17-5-4-12-26-15-17/h6,16-19,21-23,26-27H,4-5,7-15H2,1-3H3/t16-,17?,18?,19?,21-,22-,23-,24-,25+/m0/s1. The van der Waals surface area contributed by atoms with Crippen molar-refractivity contribution in [1.29, 1.82) is 0 Å². The number of allylic oxidation sites excluding steroid dienone is 1. The first-order chi connectivity index (χ1) is 12.9. The van der Waals surface area contributed by atoms with Crippen LogP contribution in [0.3, 0.4) is 0 Å². The number of hydrogen-bond acceptors (Lipinski definition) is 2. The first kappa shape index (κ1) is 18.7. The highest BCUT2D eigenvalue weighted by Crippen LogP contribution is 2.68. The minimum Gasteiger partial charge on any atom is -0.393 e. The Balaban J connectivity index is 1.42. The maximum atomic E-state index is 10.3. The first-order valence-corrected chi connectivity index (χ1v) is 12.0. The van der Waals surface area contributed by atoms with E-state index in [1.807, 2.05) is 5.57 Å². The molecule has 0 radical (unpaired) electrons. The van der Waals surface area contributed by atoms with Gasteiger partial charge < -0.3 is 10.4 Å². The lowest BCUT2D eigenvalue weighted by Crippen LogP contribution is -2.56. The van der Waals surface area contributed by atoms with Gasteiger partial charge in [-0.2, -0.15) is 0 Å². The zero-order chi connectivity index (χ0) is 18.8. The Morgan fingerprint density at radius 3 is 2.70 bits per heavy atom. The van der Waals surface area contributed by atoms with Crippen molar-refractivity contribution in [1.82, 2.24) is 5.32 Å². The van der Waals surface area contributed by atoms with Gasteiger partial charge in [0.1, 0.15) is 0 Å². The van der Waals surface area contributed by atoms with Gasteiger partial charge in [0.2, 0.25) is 0 Å². The summed E-state index contributed by atoms with van der Waals surface area (Å²) in [7, 11) is 0. The molecule has 27 heavy (non-hydrogen) atoms. The topological polar surface area (TPSA) is 32.3 Å². The van der Waals surface area contributed by atoms with Gasteiger partial charge in [0, 0.05) is 6.54 Å². The summed E-state index contributed by atoms with van der Waals surface area (Å²) in [4.78, 5) is 0. The number of nitrogens with one attached hydrogen (secondary N) is 1. The molecule has 3 saturated carbocycles. The summed E-state index contributed by atoms with van der Waals surface area (Å²) in [5, 5.41) is 14.0. The van der Waals surface area contributed by atoms with Crippen molar-refractivity contribution >= 4 is 0 Å². The van der Waals surface area contributed by atoms with Crippen molar-refractivity contribution in [3.63, 3.8) is 0 Å². The minimum atomic E-state index is -0.0285. The fraction of sp³-hybridized carbons (Fsp3) is 0.920. The summed E-state index contributed by atoms with van der Waals surface area (Å²) in [6.07, 6.45) is 14.4. The molecule has 0 aromatic rings. The first-order valence-electron chi connectivity index (χ1n) is 12.0. The van der Waals surface area contributed by atoms with E-state index in [9.17, 15) is 5.11 Å². The molecule has 2 nitrogen and oxygen atoms in total. The predicted octanol–water partition coefficient (Wildman–Crippen LogP) is 5.17. The van der Waals surface area contributed by atoms with Crippen molar-refractivity contribution in [2.24, 2.45) is 46.3 Å². The molecule has 1 saturated heterocycles. The van der Waals surface area contributed by atoms with Crippen molar-refractivity contribution in [2.75, 3.05) is 13.1 Å². The van der Waals surface area contributed by atoms with Gasteiger partial charge in [-0.05, 0) is 111 Å². The van der Waals surface area contributed by atoms with Crippen molar-refractivity contribution in [2.45, 2.75) is 84.7 Å². The minimum absolute atomic E-state index is 0.0285. The number of rotatable bonds is 1. The molecule has 0 amide bonds. The Labute approximate surface area is 166 Å².